The third-order valence-electron chi connectivity index (χ3n) is 4.72. The first-order valence-electron chi connectivity index (χ1n) is 9.28. The molecule has 0 bridgehead atoms. The molecule has 4 nitrogen and oxygen atoms in total. The summed E-state index contributed by atoms with van der Waals surface area (Å²) in [5.41, 5.74) is 0.867. The van der Waals surface area contributed by atoms with E-state index in [1.807, 2.05) is 24.5 Å². The van der Waals surface area contributed by atoms with Gasteiger partial charge < -0.3 is 14.2 Å². The van der Waals surface area contributed by atoms with E-state index in [2.05, 4.69) is 29.1 Å². The number of hydrogen-bond acceptors (Lipinski definition) is 4. The molecule has 0 aliphatic carbocycles. The SMILES string of the molecule is CCCCCOC=CCC1CCCCN1c1noc2ccccc12. The number of benzene rings is 1. The molecule has 4 heteroatoms. The van der Waals surface area contributed by atoms with Gasteiger partial charge in [0, 0.05) is 12.6 Å². The van der Waals surface area contributed by atoms with Gasteiger partial charge in [-0.3, -0.25) is 0 Å². The van der Waals surface area contributed by atoms with Gasteiger partial charge >= 0.3 is 0 Å². The fraction of sp³-hybridized carbons (Fsp3) is 0.550. The van der Waals surface area contributed by atoms with E-state index >= 15 is 0 Å². The van der Waals surface area contributed by atoms with Gasteiger partial charge in [0.15, 0.2) is 11.4 Å². The van der Waals surface area contributed by atoms with E-state index in [-0.39, 0.29) is 0 Å². The Hall–Kier alpha value is -1.97. The van der Waals surface area contributed by atoms with Crippen LogP contribution in [-0.4, -0.2) is 24.4 Å². The highest BCUT2D eigenvalue weighted by Gasteiger charge is 2.25. The Kier molecular flexibility index (Phi) is 6.16. The quantitative estimate of drug-likeness (QED) is 0.487. The lowest BCUT2D eigenvalue weighted by Gasteiger charge is -2.35. The van der Waals surface area contributed by atoms with Crippen LogP contribution in [0.1, 0.15) is 51.9 Å². The van der Waals surface area contributed by atoms with E-state index in [4.69, 9.17) is 9.26 Å². The third-order valence-corrected chi connectivity index (χ3v) is 4.72. The van der Waals surface area contributed by atoms with Crippen LogP contribution in [0.5, 0.6) is 0 Å². The smallest absolute Gasteiger partial charge is 0.180 e. The predicted octanol–water partition coefficient (Wildman–Crippen LogP) is 5.30. The summed E-state index contributed by atoms with van der Waals surface area (Å²) in [6, 6.07) is 8.59. The maximum absolute atomic E-state index is 5.59. The molecule has 1 aliphatic heterocycles. The molecule has 0 spiro atoms. The number of unbranched alkanes of at least 4 members (excludes halogenated alkanes) is 2. The Labute approximate surface area is 144 Å². The molecule has 24 heavy (non-hydrogen) atoms. The molecule has 3 rings (SSSR count). The maximum Gasteiger partial charge on any atom is 0.180 e. The van der Waals surface area contributed by atoms with Gasteiger partial charge in [0.05, 0.1) is 18.3 Å². The molecule has 1 saturated heterocycles. The van der Waals surface area contributed by atoms with Crippen LogP contribution in [0.15, 0.2) is 41.1 Å². The Balaban J connectivity index is 1.60. The summed E-state index contributed by atoms with van der Waals surface area (Å²) in [6.45, 7) is 4.08. The van der Waals surface area contributed by atoms with Crippen LogP contribution in [0.2, 0.25) is 0 Å². The fourth-order valence-electron chi connectivity index (χ4n) is 3.39. The Bertz CT molecular complexity index is 650. The molecule has 1 fully saturated rings. The van der Waals surface area contributed by atoms with Crippen molar-refractivity contribution < 1.29 is 9.26 Å². The number of aromatic nitrogens is 1. The first-order valence-corrected chi connectivity index (χ1v) is 9.28. The number of ether oxygens (including phenoxy) is 1. The van der Waals surface area contributed by atoms with E-state index in [9.17, 15) is 0 Å². The van der Waals surface area contributed by atoms with Gasteiger partial charge in [-0.2, -0.15) is 0 Å². The molecule has 1 aromatic carbocycles. The van der Waals surface area contributed by atoms with E-state index in [1.165, 1.54) is 32.1 Å². The first-order chi connectivity index (χ1) is 11.9. The van der Waals surface area contributed by atoms with Crippen LogP contribution >= 0.6 is 0 Å². The zero-order valence-electron chi connectivity index (χ0n) is 14.6. The Morgan fingerprint density at radius 2 is 2.21 bits per heavy atom. The summed E-state index contributed by atoms with van der Waals surface area (Å²) in [4.78, 5) is 2.41. The summed E-state index contributed by atoms with van der Waals surface area (Å²) in [5, 5.41) is 5.46. The number of nitrogens with zero attached hydrogens (tertiary/aromatic N) is 2. The van der Waals surface area contributed by atoms with Gasteiger partial charge in [-0.15, -0.1) is 0 Å². The van der Waals surface area contributed by atoms with Crippen LogP contribution in [0.4, 0.5) is 5.82 Å². The van der Waals surface area contributed by atoms with Crippen molar-refractivity contribution in [3.63, 3.8) is 0 Å². The fourth-order valence-corrected chi connectivity index (χ4v) is 3.39. The molecular weight excluding hydrogens is 300 g/mol. The van der Waals surface area contributed by atoms with Crippen molar-refractivity contribution in [3.8, 4) is 0 Å². The lowest BCUT2D eigenvalue weighted by molar-refractivity contribution is 0.240. The third kappa shape index (κ3) is 4.11. The van der Waals surface area contributed by atoms with Crippen LogP contribution in [0, 0.1) is 0 Å². The molecule has 0 N–H and O–H groups in total. The minimum Gasteiger partial charge on any atom is -0.502 e. The zero-order chi connectivity index (χ0) is 16.6. The standard InChI is InChI=1S/C20H28N2O2/c1-2-3-8-15-23-16-9-11-17-10-6-7-14-22(17)20-18-12-4-5-13-19(18)24-21-20/h4-5,9,12-13,16-17H,2-3,6-8,10-11,14-15H2,1H3. The zero-order valence-corrected chi connectivity index (χ0v) is 14.6. The van der Waals surface area contributed by atoms with Gasteiger partial charge in [0.1, 0.15) is 0 Å². The number of fused-ring (bicyclic) bond motifs is 1. The number of anilines is 1. The molecule has 0 radical (unpaired) electrons. The Morgan fingerprint density at radius 3 is 3.12 bits per heavy atom. The molecular formula is C20H28N2O2. The lowest BCUT2D eigenvalue weighted by Crippen LogP contribution is -2.39. The average molecular weight is 328 g/mol. The highest BCUT2D eigenvalue weighted by molar-refractivity contribution is 5.88. The van der Waals surface area contributed by atoms with Crippen LogP contribution < -0.4 is 4.90 Å². The van der Waals surface area contributed by atoms with Crippen LogP contribution in [0.3, 0.4) is 0 Å². The molecule has 1 unspecified atom stereocenters. The van der Waals surface area contributed by atoms with Crippen molar-refractivity contribution in [2.45, 2.75) is 57.9 Å². The largest absolute Gasteiger partial charge is 0.502 e. The van der Waals surface area contributed by atoms with Gasteiger partial charge in [-0.05, 0) is 50.3 Å². The minimum atomic E-state index is 0.475. The summed E-state index contributed by atoms with van der Waals surface area (Å²) in [6.07, 6.45) is 12.3. The minimum absolute atomic E-state index is 0.475. The van der Waals surface area contributed by atoms with Gasteiger partial charge in [0.25, 0.3) is 0 Å². The maximum atomic E-state index is 5.59. The van der Waals surface area contributed by atoms with Gasteiger partial charge in [-0.25, -0.2) is 0 Å². The van der Waals surface area contributed by atoms with E-state index in [0.29, 0.717) is 6.04 Å². The summed E-state index contributed by atoms with van der Waals surface area (Å²) in [5.74, 6) is 0.993. The monoisotopic (exact) mass is 328 g/mol. The molecule has 1 aromatic heterocycles. The molecule has 2 heterocycles. The molecule has 1 atom stereocenters. The Morgan fingerprint density at radius 1 is 1.29 bits per heavy atom. The van der Waals surface area contributed by atoms with Crippen molar-refractivity contribution in [2.24, 2.45) is 0 Å². The summed E-state index contributed by atoms with van der Waals surface area (Å²) >= 11 is 0. The number of hydrogen-bond donors (Lipinski definition) is 0. The van der Waals surface area contributed by atoms with Crippen molar-refractivity contribution >= 4 is 16.8 Å². The molecule has 0 saturated carbocycles. The predicted molar refractivity (Wildman–Crippen MR) is 98.2 cm³/mol. The summed E-state index contributed by atoms with van der Waals surface area (Å²) < 4.78 is 11.1. The normalized spacial score (nSPS) is 18.5. The number of rotatable bonds is 8. The molecule has 1 aliphatic rings. The number of piperidine rings is 1. The second kappa shape index (κ2) is 8.76. The van der Waals surface area contributed by atoms with Crippen molar-refractivity contribution in [3.05, 3.63) is 36.6 Å². The average Bonchev–Trinajstić information content (AvgIpc) is 3.05. The van der Waals surface area contributed by atoms with Crippen LogP contribution in [0.25, 0.3) is 11.0 Å². The van der Waals surface area contributed by atoms with E-state index < -0.39 is 0 Å². The summed E-state index contributed by atoms with van der Waals surface area (Å²) in [7, 11) is 0. The van der Waals surface area contributed by atoms with Crippen LogP contribution in [-0.2, 0) is 4.74 Å². The lowest BCUT2D eigenvalue weighted by atomic mass is 9.99. The highest BCUT2D eigenvalue weighted by atomic mass is 16.5. The van der Waals surface area contributed by atoms with Gasteiger partial charge in [-0.1, -0.05) is 37.1 Å². The van der Waals surface area contributed by atoms with Crippen molar-refractivity contribution in [1.82, 2.24) is 5.16 Å². The number of para-hydroxylation sites is 1. The molecule has 2 aromatic rings. The van der Waals surface area contributed by atoms with E-state index in [0.717, 1.165) is 42.8 Å². The van der Waals surface area contributed by atoms with Gasteiger partial charge in [0.2, 0.25) is 0 Å². The molecule has 0 amide bonds. The van der Waals surface area contributed by atoms with Crippen molar-refractivity contribution in [1.29, 1.82) is 0 Å². The second-order valence-electron chi connectivity index (χ2n) is 6.53. The highest BCUT2D eigenvalue weighted by Crippen LogP contribution is 2.31. The second-order valence-corrected chi connectivity index (χ2v) is 6.53. The molecule has 130 valence electrons. The topological polar surface area (TPSA) is 38.5 Å². The first kappa shape index (κ1) is 16.9. The van der Waals surface area contributed by atoms with E-state index in [1.54, 1.807) is 0 Å². The van der Waals surface area contributed by atoms with Crippen molar-refractivity contribution in [2.75, 3.05) is 18.1 Å².